The van der Waals surface area contributed by atoms with Gasteiger partial charge in [0.15, 0.2) is 17.7 Å². The maximum atomic E-state index is 14.7. The minimum Gasteiger partial charge on any atom is -0.691 e. The van der Waals surface area contributed by atoms with Gasteiger partial charge in [0.25, 0.3) is 18.2 Å². The molecule has 3 aromatic carbocycles. The van der Waals surface area contributed by atoms with Gasteiger partial charge >= 0.3 is 29.6 Å². The molecule has 34 heteroatoms. The van der Waals surface area contributed by atoms with E-state index >= 15 is 0 Å². The number of unbranched alkanes of at least 4 members (excludes halogenated alkanes) is 3. The fourth-order valence-corrected chi connectivity index (χ4v) is 11.5. The number of ether oxygens (including phenoxy) is 1. The van der Waals surface area contributed by atoms with Crippen LogP contribution >= 0.6 is 12.3 Å². The number of primary amides is 1. The summed E-state index contributed by atoms with van der Waals surface area (Å²) in [6.45, 7) is 6.61. The van der Waals surface area contributed by atoms with Crippen LogP contribution in [0.5, 0.6) is 17.2 Å². The van der Waals surface area contributed by atoms with Crippen LogP contribution in [0.2, 0.25) is 0 Å². The van der Waals surface area contributed by atoms with Crippen LogP contribution in [0.25, 0.3) is 0 Å². The van der Waals surface area contributed by atoms with Crippen molar-refractivity contribution in [3.8, 4) is 17.2 Å². The Morgan fingerprint density at radius 1 is 0.750 bits per heavy atom. The van der Waals surface area contributed by atoms with Crippen molar-refractivity contribution in [2.75, 3.05) is 55.7 Å². The number of nitrogens with two attached hydrogens (primary N) is 1. The summed E-state index contributed by atoms with van der Waals surface area (Å²) in [6.07, 6.45) is -15.2. The van der Waals surface area contributed by atoms with Gasteiger partial charge in [0.1, 0.15) is 60.3 Å². The number of amides is 8. The summed E-state index contributed by atoms with van der Waals surface area (Å²) in [5.74, 6) is -11.8. The molecule has 4 aliphatic rings. The molecule has 3 aromatic rings. The Morgan fingerprint density at radius 2 is 1.36 bits per heavy atom. The second-order valence-electron chi connectivity index (χ2n) is 22.9. The van der Waals surface area contributed by atoms with Crippen LogP contribution in [0.15, 0.2) is 66.7 Å². The molecule has 92 heavy (non-hydrogen) atoms. The van der Waals surface area contributed by atoms with Gasteiger partial charge in [0.05, 0.1) is 37.4 Å². The molecule has 0 saturated carbocycles. The van der Waals surface area contributed by atoms with Gasteiger partial charge in [-0.1, -0.05) is 39.2 Å². The number of hydrogen-bond acceptors (Lipinski definition) is 25. The SMILES string of the molecule is CCCCCCOc1ccc(N2CCN(c3ccc(C(=O)N[C@H]4CC(O)C(O)NC(=O)C5C(O)C(C)CN5C(=O)C(C(O)CC(N)=O)NC(=O)C(C(O)C(O)c5ccc(O)c(OSOO[O-])c5)NC(=O)C5CC(O)CN5C(=O)C(C(C)O)NC4=O)cc3)CC2)cc1.[Na+]. The summed E-state index contributed by atoms with van der Waals surface area (Å²) in [5, 5.41) is 126. The standard InChI is InChI=1S/C58H80N10O22S.Na/c1-4-5-6-7-22-87-36-15-13-34(14-16-36)66-20-18-65(19-21-66)33-11-8-31(9-12-33)51(78)60-37-25-41(73)54(81)64-56(83)47-48(75)29(2)27-68(47)58(85)45(40(72)26-43(59)74)62-55(82)46(50(77)49(76)32-10-17-39(71)42(23-32)88-91-90-89-86)63-53(80)38-24-35(70)28-67(38)57(84)44(30(3)69)61-52(37)79;/h8-17,23,29-30,35,37-38,40-41,44-50,54,69-73,75-77,81,86H,4-7,18-22,24-28H2,1-3H3,(H2,59,74)(H,60,78)(H,61,79)(H,62,82)(H,63,80)(H,64,83);/q;+1/p-1/t29?,30?,35?,37-,38?,40?,41?,44?,45?,46?,47?,48?,49?,50?,54?;/m0./s1. The van der Waals surface area contributed by atoms with E-state index in [0.29, 0.717) is 42.6 Å². The van der Waals surface area contributed by atoms with E-state index in [0.717, 1.165) is 67.9 Å². The van der Waals surface area contributed by atoms with E-state index < -0.39 is 182 Å². The van der Waals surface area contributed by atoms with Crippen molar-refractivity contribution in [2.24, 2.45) is 11.7 Å². The van der Waals surface area contributed by atoms with Gasteiger partial charge in [0, 0.05) is 75.0 Å². The first kappa shape index (κ1) is 74.4. The number of fused-ring (bicyclic) bond motifs is 2. The Labute approximate surface area is 555 Å². The molecular formula is C58H79N10NaO22S. The van der Waals surface area contributed by atoms with E-state index in [4.69, 9.17) is 14.7 Å². The summed E-state index contributed by atoms with van der Waals surface area (Å²) in [6, 6.07) is 4.29. The molecule has 4 aliphatic heterocycles. The number of piperazine rings is 1. The van der Waals surface area contributed by atoms with E-state index in [1.807, 2.05) is 24.3 Å². The molecule has 0 bridgehead atoms. The van der Waals surface area contributed by atoms with Crippen molar-refractivity contribution >= 4 is 71.0 Å². The van der Waals surface area contributed by atoms with Gasteiger partial charge in [-0.05, 0) is 79.6 Å². The molecule has 16 N–H and O–H groups in total. The molecule has 4 heterocycles. The van der Waals surface area contributed by atoms with E-state index in [2.05, 4.69) is 52.7 Å². The molecular weight excluding hydrogens is 1240 g/mol. The van der Waals surface area contributed by atoms with Gasteiger partial charge in [0.2, 0.25) is 41.4 Å². The van der Waals surface area contributed by atoms with Crippen molar-refractivity contribution in [3.63, 3.8) is 0 Å². The van der Waals surface area contributed by atoms with E-state index in [1.54, 1.807) is 12.1 Å². The number of benzene rings is 3. The predicted octanol–water partition coefficient (Wildman–Crippen LogP) is -7.52. The normalized spacial score (nSPS) is 26.7. The van der Waals surface area contributed by atoms with Gasteiger partial charge in [-0.2, -0.15) is 0 Å². The first-order valence-corrected chi connectivity index (χ1v) is 30.3. The fourth-order valence-electron chi connectivity index (χ4n) is 11.2. The largest absolute Gasteiger partial charge is 1.00 e. The first-order chi connectivity index (χ1) is 43.3. The van der Waals surface area contributed by atoms with Crippen molar-refractivity contribution < 1.29 is 137 Å². The molecule has 7 rings (SSSR count). The van der Waals surface area contributed by atoms with Crippen molar-refractivity contribution in [1.29, 1.82) is 0 Å². The number of carbonyl (C=O) groups excluding carboxylic acids is 8. The smallest absolute Gasteiger partial charge is 0.691 e. The Hall–Kier alpha value is -6.67. The van der Waals surface area contributed by atoms with Crippen molar-refractivity contribution in [2.45, 2.75) is 151 Å². The second-order valence-corrected chi connectivity index (χ2v) is 23.3. The van der Waals surface area contributed by atoms with Crippen molar-refractivity contribution in [3.05, 3.63) is 77.9 Å². The van der Waals surface area contributed by atoms with Gasteiger partial charge in [-0.3, -0.25) is 43.4 Å². The molecule has 0 spiro atoms. The summed E-state index contributed by atoms with van der Waals surface area (Å²) < 4.78 is 14.9. The molecule has 8 amide bonds. The van der Waals surface area contributed by atoms with Gasteiger partial charge in [-0.15, -0.1) is 4.33 Å². The van der Waals surface area contributed by atoms with E-state index in [9.17, 15) is 89.6 Å². The minimum atomic E-state index is -2.56. The number of carbonyl (C=O) groups is 8. The minimum absolute atomic E-state index is 0. The Bertz CT molecular complexity index is 3010. The Kier molecular flexibility index (Phi) is 27.9. The number of aliphatic hydroxyl groups is 8. The maximum Gasteiger partial charge on any atom is 1.00 e. The zero-order valence-corrected chi connectivity index (χ0v) is 53.8. The first-order valence-electron chi connectivity index (χ1n) is 29.6. The third kappa shape index (κ3) is 19.0. The van der Waals surface area contributed by atoms with E-state index in [1.165, 1.54) is 19.1 Å². The number of nitrogens with one attached hydrogen (secondary N) is 5. The monoisotopic (exact) mass is 1320 g/mol. The Balaban J connectivity index is 0.0000134. The predicted molar refractivity (Wildman–Crippen MR) is 317 cm³/mol. The van der Waals surface area contributed by atoms with Gasteiger partial charge < -0.3 is 112 Å². The number of aromatic hydroxyl groups is 1. The summed E-state index contributed by atoms with van der Waals surface area (Å²) in [7, 11) is 0. The third-order valence-electron chi connectivity index (χ3n) is 16.3. The summed E-state index contributed by atoms with van der Waals surface area (Å²) in [5.41, 5.74) is 6.78. The molecule has 0 aliphatic carbocycles. The van der Waals surface area contributed by atoms with Crippen LogP contribution in [0, 0.1) is 5.92 Å². The number of phenols is 1. The van der Waals surface area contributed by atoms with Gasteiger partial charge in [-0.25, -0.2) is 0 Å². The average Bonchev–Trinajstić information content (AvgIpc) is 1.61. The van der Waals surface area contributed by atoms with E-state index in [-0.39, 0.29) is 53.0 Å². The van der Waals surface area contributed by atoms with Crippen LogP contribution in [0.1, 0.15) is 87.7 Å². The Morgan fingerprint density at radius 3 is 1.97 bits per heavy atom. The molecule has 4 saturated heterocycles. The number of rotatable bonds is 21. The van der Waals surface area contributed by atoms with Crippen LogP contribution in [0.3, 0.4) is 0 Å². The summed E-state index contributed by atoms with van der Waals surface area (Å²) in [4.78, 5) is 119. The quantitative estimate of drug-likeness (QED) is 0.0155. The molecule has 14 unspecified atom stereocenters. The number of anilines is 2. The zero-order chi connectivity index (χ0) is 66.4. The number of nitrogens with zero attached hydrogens (tertiary/aromatic N) is 4. The number of phenolic OH excluding ortho intramolecular Hbond substituents is 1. The number of hydrogen-bond donors (Lipinski definition) is 15. The molecule has 0 radical (unpaired) electrons. The third-order valence-corrected chi connectivity index (χ3v) is 16.7. The number of aliphatic hydroxyl groups excluding tert-OH is 8. The van der Waals surface area contributed by atoms with Crippen LogP contribution < -0.4 is 85.9 Å². The van der Waals surface area contributed by atoms with Crippen LogP contribution in [-0.4, -0.2) is 228 Å². The molecule has 15 atom stereocenters. The summed E-state index contributed by atoms with van der Waals surface area (Å²) >= 11 is -0.0937. The topological polar surface area (TPSA) is 478 Å². The van der Waals surface area contributed by atoms with Crippen LogP contribution in [0.4, 0.5) is 11.4 Å². The molecule has 32 nitrogen and oxygen atoms in total. The average molecular weight is 1320 g/mol. The fraction of sp³-hybridized carbons (Fsp3) is 0.552. The molecule has 4 fully saturated rings. The zero-order valence-electron chi connectivity index (χ0n) is 51.0. The second kappa shape index (κ2) is 34.5. The van der Waals surface area contributed by atoms with Crippen molar-refractivity contribution in [1.82, 2.24) is 36.4 Å². The maximum absolute atomic E-state index is 14.7. The van der Waals surface area contributed by atoms with Crippen LogP contribution in [-0.2, 0) is 42.9 Å². The molecule has 500 valence electrons. The molecule has 0 aromatic heterocycles.